The van der Waals surface area contributed by atoms with E-state index in [0.717, 1.165) is 16.9 Å². The molecule has 6 heteroatoms. The van der Waals surface area contributed by atoms with Gasteiger partial charge in [-0.2, -0.15) is 10.4 Å². The van der Waals surface area contributed by atoms with Crippen molar-refractivity contribution in [1.82, 2.24) is 19.3 Å². The summed E-state index contributed by atoms with van der Waals surface area (Å²) < 4.78 is 3.53. The van der Waals surface area contributed by atoms with Crippen LogP contribution in [0, 0.1) is 11.3 Å². The van der Waals surface area contributed by atoms with Gasteiger partial charge >= 0.3 is 0 Å². The second-order valence-electron chi connectivity index (χ2n) is 4.70. The average Bonchev–Trinajstić information content (AvgIpc) is 3.15. The zero-order valence-corrected chi connectivity index (χ0v) is 11.6. The maximum Gasteiger partial charge on any atom is 0.138 e. The van der Waals surface area contributed by atoms with E-state index >= 15 is 0 Å². The SMILES string of the molecule is Cn1cc(CNc2ccc(-n3cncn3)cc2)cc1C#N. The van der Waals surface area contributed by atoms with E-state index in [-0.39, 0.29) is 0 Å². The van der Waals surface area contributed by atoms with Crippen LogP contribution in [0.4, 0.5) is 5.69 Å². The molecule has 3 aromatic rings. The van der Waals surface area contributed by atoms with Crippen LogP contribution in [0.15, 0.2) is 49.2 Å². The van der Waals surface area contributed by atoms with Crippen molar-refractivity contribution in [1.29, 1.82) is 5.26 Å². The van der Waals surface area contributed by atoms with Gasteiger partial charge in [0.15, 0.2) is 0 Å². The lowest BCUT2D eigenvalue weighted by Gasteiger charge is -2.06. The predicted molar refractivity (Wildman–Crippen MR) is 78.8 cm³/mol. The fourth-order valence-electron chi connectivity index (χ4n) is 2.12. The van der Waals surface area contributed by atoms with Gasteiger partial charge in [-0.3, -0.25) is 0 Å². The number of nitrogens with one attached hydrogen (secondary N) is 1. The van der Waals surface area contributed by atoms with Gasteiger partial charge < -0.3 is 9.88 Å². The first kappa shape index (κ1) is 12.9. The Bertz CT molecular complexity index is 762. The van der Waals surface area contributed by atoms with Gasteiger partial charge in [0.2, 0.25) is 0 Å². The number of nitrogens with zero attached hydrogens (tertiary/aromatic N) is 5. The highest BCUT2D eigenvalue weighted by atomic mass is 15.3. The van der Waals surface area contributed by atoms with Crippen LogP contribution in [0.1, 0.15) is 11.3 Å². The van der Waals surface area contributed by atoms with Gasteiger partial charge in [-0.1, -0.05) is 0 Å². The summed E-state index contributed by atoms with van der Waals surface area (Å²) in [4.78, 5) is 3.92. The highest BCUT2D eigenvalue weighted by Gasteiger charge is 2.02. The Hall–Kier alpha value is -3.07. The van der Waals surface area contributed by atoms with E-state index in [4.69, 9.17) is 5.26 Å². The molecular formula is C15H14N6. The Morgan fingerprint density at radius 1 is 1.29 bits per heavy atom. The van der Waals surface area contributed by atoms with Crippen LogP contribution in [0.2, 0.25) is 0 Å². The predicted octanol–water partition coefficient (Wildman–Crippen LogP) is 2.09. The summed E-state index contributed by atoms with van der Waals surface area (Å²) in [7, 11) is 1.87. The van der Waals surface area contributed by atoms with Crippen LogP contribution in [0.5, 0.6) is 0 Å². The Morgan fingerprint density at radius 2 is 2.10 bits per heavy atom. The molecule has 0 saturated carbocycles. The highest BCUT2D eigenvalue weighted by Crippen LogP contribution is 2.14. The maximum absolute atomic E-state index is 8.93. The molecule has 0 aliphatic rings. The Kier molecular flexibility index (Phi) is 3.39. The van der Waals surface area contributed by atoms with E-state index < -0.39 is 0 Å². The minimum Gasteiger partial charge on any atom is -0.381 e. The van der Waals surface area contributed by atoms with Gasteiger partial charge in [-0.15, -0.1) is 0 Å². The first-order valence-corrected chi connectivity index (χ1v) is 6.50. The van der Waals surface area contributed by atoms with Gasteiger partial charge in [0, 0.05) is 25.5 Å². The van der Waals surface area contributed by atoms with Crippen molar-refractivity contribution in [2.24, 2.45) is 7.05 Å². The summed E-state index contributed by atoms with van der Waals surface area (Å²) in [6, 6.07) is 12.0. The number of aromatic nitrogens is 4. The molecule has 2 aromatic heterocycles. The normalized spacial score (nSPS) is 10.3. The van der Waals surface area contributed by atoms with E-state index in [2.05, 4.69) is 21.5 Å². The van der Waals surface area contributed by atoms with Gasteiger partial charge in [-0.05, 0) is 35.9 Å². The number of benzene rings is 1. The lowest BCUT2D eigenvalue weighted by molar-refractivity contribution is 0.879. The van der Waals surface area contributed by atoms with Gasteiger partial charge in [0.1, 0.15) is 24.4 Å². The molecule has 0 amide bonds. The number of nitriles is 1. The topological polar surface area (TPSA) is 71.5 Å². The molecule has 0 saturated heterocycles. The average molecular weight is 278 g/mol. The Morgan fingerprint density at radius 3 is 2.71 bits per heavy atom. The fourth-order valence-corrected chi connectivity index (χ4v) is 2.12. The number of rotatable bonds is 4. The van der Waals surface area contributed by atoms with E-state index in [9.17, 15) is 0 Å². The second kappa shape index (κ2) is 5.51. The van der Waals surface area contributed by atoms with Crippen molar-refractivity contribution >= 4 is 5.69 Å². The molecule has 1 N–H and O–H groups in total. The minimum absolute atomic E-state index is 0.660. The van der Waals surface area contributed by atoms with Gasteiger partial charge in [-0.25, -0.2) is 9.67 Å². The monoisotopic (exact) mass is 278 g/mol. The summed E-state index contributed by atoms with van der Waals surface area (Å²) in [5.41, 5.74) is 3.72. The van der Waals surface area contributed by atoms with Gasteiger partial charge in [0.05, 0.1) is 5.69 Å². The highest BCUT2D eigenvalue weighted by molar-refractivity contribution is 5.48. The lowest BCUT2D eigenvalue weighted by atomic mass is 10.2. The molecule has 0 bridgehead atoms. The standard InChI is InChI=1S/C15H14N6/c1-20-9-12(6-15(20)7-16)8-18-13-2-4-14(5-3-13)21-11-17-10-19-21/h2-6,9-11,18H,8H2,1H3. The maximum atomic E-state index is 8.93. The summed E-state index contributed by atoms with van der Waals surface area (Å²) in [6.45, 7) is 0.679. The van der Waals surface area contributed by atoms with Crippen LogP contribution >= 0.6 is 0 Å². The molecule has 104 valence electrons. The molecule has 6 nitrogen and oxygen atoms in total. The van der Waals surface area contributed by atoms with E-state index in [1.54, 1.807) is 11.0 Å². The zero-order chi connectivity index (χ0) is 14.7. The third-order valence-corrected chi connectivity index (χ3v) is 3.22. The summed E-state index contributed by atoms with van der Waals surface area (Å²) in [5.74, 6) is 0. The molecule has 0 unspecified atom stereocenters. The largest absolute Gasteiger partial charge is 0.381 e. The first-order valence-electron chi connectivity index (χ1n) is 6.50. The van der Waals surface area contributed by atoms with Crippen LogP contribution in [-0.2, 0) is 13.6 Å². The van der Waals surface area contributed by atoms with Crippen LogP contribution < -0.4 is 5.32 Å². The van der Waals surface area contributed by atoms with Crippen molar-refractivity contribution in [3.63, 3.8) is 0 Å². The third-order valence-electron chi connectivity index (χ3n) is 3.22. The Balaban J connectivity index is 1.67. The van der Waals surface area contributed by atoms with E-state index in [1.165, 1.54) is 6.33 Å². The van der Waals surface area contributed by atoms with Crippen molar-refractivity contribution in [2.45, 2.75) is 6.54 Å². The quantitative estimate of drug-likeness (QED) is 0.793. The van der Waals surface area contributed by atoms with E-state index in [1.807, 2.05) is 48.1 Å². The van der Waals surface area contributed by atoms with Crippen molar-refractivity contribution in [2.75, 3.05) is 5.32 Å². The molecule has 1 aromatic carbocycles. The summed E-state index contributed by atoms with van der Waals surface area (Å²) in [6.07, 6.45) is 5.12. The Labute approximate surface area is 122 Å². The molecule has 0 fully saturated rings. The van der Waals surface area contributed by atoms with E-state index in [0.29, 0.717) is 12.2 Å². The second-order valence-corrected chi connectivity index (χ2v) is 4.70. The number of hydrogen-bond acceptors (Lipinski definition) is 4. The van der Waals surface area contributed by atoms with Crippen molar-refractivity contribution in [3.8, 4) is 11.8 Å². The number of anilines is 1. The fraction of sp³-hybridized carbons (Fsp3) is 0.133. The molecule has 0 aliphatic carbocycles. The minimum atomic E-state index is 0.660. The van der Waals surface area contributed by atoms with Crippen molar-refractivity contribution in [3.05, 3.63) is 60.4 Å². The smallest absolute Gasteiger partial charge is 0.138 e. The lowest BCUT2D eigenvalue weighted by Crippen LogP contribution is -1.99. The third kappa shape index (κ3) is 2.77. The molecule has 2 heterocycles. The van der Waals surface area contributed by atoms with Crippen LogP contribution in [0.3, 0.4) is 0 Å². The molecule has 21 heavy (non-hydrogen) atoms. The van der Waals surface area contributed by atoms with Crippen LogP contribution in [0.25, 0.3) is 5.69 Å². The number of aryl methyl sites for hydroxylation is 1. The first-order chi connectivity index (χ1) is 10.3. The van der Waals surface area contributed by atoms with Crippen LogP contribution in [-0.4, -0.2) is 19.3 Å². The van der Waals surface area contributed by atoms with Crippen molar-refractivity contribution < 1.29 is 0 Å². The molecule has 0 radical (unpaired) electrons. The summed E-state index contributed by atoms with van der Waals surface area (Å²) in [5, 5.41) is 16.3. The van der Waals surface area contributed by atoms with Gasteiger partial charge in [0.25, 0.3) is 0 Å². The zero-order valence-electron chi connectivity index (χ0n) is 11.6. The molecule has 0 spiro atoms. The molecule has 0 aliphatic heterocycles. The molecule has 3 rings (SSSR count). The summed E-state index contributed by atoms with van der Waals surface area (Å²) >= 11 is 0. The molecule has 0 atom stereocenters. The molecular weight excluding hydrogens is 264 g/mol. The number of hydrogen-bond donors (Lipinski definition) is 1.